The molecule has 0 atom stereocenters. The molecule has 0 amide bonds. The van der Waals surface area contributed by atoms with Crippen molar-refractivity contribution in [2.75, 3.05) is 31.1 Å². The fourth-order valence-electron chi connectivity index (χ4n) is 4.10. The molecule has 0 heterocycles. The molecule has 0 spiro atoms. The number of carbonyl (C=O) groups excluding carboxylic acids is 1. The lowest BCUT2D eigenvalue weighted by Gasteiger charge is -2.14. The number of anilines is 2. The van der Waals surface area contributed by atoms with Gasteiger partial charge in [0.05, 0.1) is 30.3 Å². The summed E-state index contributed by atoms with van der Waals surface area (Å²) in [5.74, 6) is 0.590. The lowest BCUT2D eigenvalue weighted by atomic mass is 10.1. The highest BCUT2D eigenvalue weighted by atomic mass is 16.5. The summed E-state index contributed by atoms with van der Waals surface area (Å²) in [5, 5.41) is 10.3. The van der Waals surface area contributed by atoms with Gasteiger partial charge in [-0.3, -0.25) is 0 Å². The van der Waals surface area contributed by atoms with Gasteiger partial charge in [-0.05, 0) is 56.2 Å². The summed E-state index contributed by atoms with van der Waals surface area (Å²) in [6.45, 7) is 6.48. The molecule has 202 valence electrons. The molecule has 0 aliphatic carbocycles. The van der Waals surface area contributed by atoms with Gasteiger partial charge in [-0.25, -0.2) is 4.79 Å². The van der Waals surface area contributed by atoms with E-state index < -0.39 is 0 Å². The smallest absolute Gasteiger partial charge is 0.333 e. The molecule has 7 nitrogen and oxygen atoms in total. The molecule has 0 saturated carbocycles. The first kappa shape index (κ1) is 28.7. The Labute approximate surface area is 226 Å². The highest BCUT2D eigenvalue weighted by molar-refractivity contribution is 6.01. The van der Waals surface area contributed by atoms with Gasteiger partial charge in [0, 0.05) is 23.4 Å². The number of ether oxygens (including phenoxy) is 2. The molecule has 0 radical (unpaired) electrons. The normalized spacial score (nSPS) is 11.0. The van der Waals surface area contributed by atoms with Crippen LogP contribution in [0.2, 0.25) is 0 Å². The number of nitrogens with zero attached hydrogens (tertiary/aromatic N) is 2. The molecular weight excluding hydrogens is 476 g/mol. The first-order valence-corrected chi connectivity index (χ1v) is 13.5. The minimum atomic E-state index is -0.288. The van der Waals surface area contributed by atoms with Gasteiger partial charge in [0.2, 0.25) is 0 Å². The van der Waals surface area contributed by atoms with Crippen LogP contribution in [-0.4, -0.2) is 26.2 Å². The van der Waals surface area contributed by atoms with Crippen LogP contribution in [0.1, 0.15) is 58.3 Å². The second kappa shape index (κ2) is 16.1. The third-order valence-electron chi connectivity index (χ3n) is 6.19. The number of rotatable bonds is 17. The summed E-state index contributed by atoms with van der Waals surface area (Å²) in [6, 6.07) is 20.1. The summed E-state index contributed by atoms with van der Waals surface area (Å²) in [7, 11) is 1.68. The standard InChI is InChI=1S/C31H40N4O3/c1-24(2)31(36)38-23-13-9-7-5-4-6-8-12-22-37-26-18-16-25(17-19-26)33-35-30-21-20-29(34-32-3)27-14-10-11-15-28(27)30/h10-11,14-21,33,35H,1,4-9,12-13,22-23H2,2-3H3. The summed E-state index contributed by atoms with van der Waals surface area (Å²) >= 11 is 0. The third kappa shape index (κ3) is 9.54. The molecule has 0 aliphatic heterocycles. The number of carbonyl (C=O) groups is 1. The van der Waals surface area contributed by atoms with Gasteiger partial charge in [-0.2, -0.15) is 10.2 Å². The van der Waals surface area contributed by atoms with Crippen LogP contribution in [0.25, 0.3) is 10.8 Å². The van der Waals surface area contributed by atoms with E-state index >= 15 is 0 Å². The number of hydrazine groups is 1. The minimum Gasteiger partial charge on any atom is -0.494 e. The Hall–Kier alpha value is -3.87. The fourth-order valence-corrected chi connectivity index (χ4v) is 4.10. The second-order valence-corrected chi connectivity index (χ2v) is 9.35. The molecule has 0 aliphatic rings. The summed E-state index contributed by atoms with van der Waals surface area (Å²) in [4.78, 5) is 11.3. The predicted molar refractivity (Wildman–Crippen MR) is 156 cm³/mol. The Morgan fingerprint density at radius 2 is 1.42 bits per heavy atom. The predicted octanol–water partition coefficient (Wildman–Crippen LogP) is 8.61. The first-order valence-electron chi connectivity index (χ1n) is 13.5. The number of unbranched alkanes of at least 4 members (excludes halogenated alkanes) is 7. The largest absolute Gasteiger partial charge is 0.494 e. The Kier molecular flexibility index (Phi) is 12.1. The lowest BCUT2D eigenvalue weighted by Crippen LogP contribution is -2.08. The van der Waals surface area contributed by atoms with Crippen molar-refractivity contribution in [1.82, 2.24) is 0 Å². The quantitative estimate of drug-likeness (QED) is 0.0617. The van der Waals surface area contributed by atoms with Crippen molar-refractivity contribution in [3.8, 4) is 5.75 Å². The highest BCUT2D eigenvalue weighted by Crippen LogP contribution is 2.32. The van der Waals surface area contributed by atoms with Crippen molar-refractivity contribution in [3.05, 3.63) is 72.8 Å². The van der Waals surface area contributed by atoms with Crippen molar-refractivity contribution in [3.63, 3.8) is 0 Å². The monoisotopic (exact) mass is 516 g/mol. The topological polar surface area (TPSA) is 84.3 Å². The van der Waals surface area contributed by atoms with Crippen LogP contribution in [0.4, 0.5) is 17.1 Å². The van der Waals surface area contributed by atoms with Gasteiger partial charge in [0.1, 0.15) is 5.75 Å². The molecule has 0 bridgehead atoms. The Balaban J connectivity index is 1.27. The maximum atomic E-state index is 11.3. The molecule has 7 heteroatoms. The van der Waals surface area contributed by atoms with Crippen molar-refractivity contribution < 1.29 is 14.3 Å². The summed E-state index contributed by atoms with van der Waals surface area (Å²) < 4.78 is 11.0. The molecule has 0 aromatic heterocycles. The van der Waals surface area contributed by atoms with Crippen LogP contribution in [0.3, 0.4) is 0 Å². The van der Waals surface area contributed by atoms with Gasteiger partial charge in [0.15, 0.2) is 0 Å². The van der Waals surface area contributed by atoms with Crippen LogP contribution < -0.4 is 15.6 Å². The van der Waals surface area contributed by atoms with Gasteiger partial charge >= 0.3 is 5.97 Å². The van der Waals surface area contributed by atoms with Gasteiger partial charge in [0.25, 0.3) is 0 Å². The Morgan fingerprint density at radius 1 is 0.789 bits per heavy atom. The second-order valence-electron chi connectivity index (χ2n) is 9.35. The van der Waals surface area contributed by atoms with Crippen LogP contribution >= 0.6 is 0 Å². The average Bonchev–Trinajstić information content (AvgIpc) is 2.93. The molecule has 3 aromatic rings. The average molecular weight is 517 g/mol. The maximum absolute atomic E-state index is 11.3. The van der Waals surface area contributed by atoms with Crippen LogP contribution in [0, 0.1) is 0 Å². The molecule has 0 saturated heterocycles. The van der Waals surface area contributed by atoms with Crippen molar-refractivity contribution in [2.24, 2.45) is 10.2 Å². The van der Waals surface area contributed by atoms with Crippen LogP contribution in [0.15, 0.2) is 83.0 Å². The lowest BCUT2D eigenvalue weighted by molar-refractivity contribution is -0.139. The number of esters is 1. The molecule has 3 aromatic carbocycles. The Bertz CT molecular complexity index is 1190. The molecular formula is C31H40N4O3. The van der Waals surface area contributed by atoms with E-state index in [0.29, 0.717) is 12.2 Å². The van der Waals surface area contributed by atoms with E-state index in [1.54, 1.807) is 14.0 Å². The molecule has 0 unspecified atom stereocenters. The maximum Gasteiger partial charge on any atom is 0.333 e. The van der Waals surface area contributed by atoms with Crippen LogP contribution in [-0.2, 0) is 9.53 Å². The number of azo groups is 1. The van der Waals surface area contributed by atoms with E-state index in [1.165, 1.54) is 32.1 Å². The molecule has 38 heavy (non-hydrogen) atoms. The van der Waals surface area contributed by atoms with E-state index in [9.17, 15) is 4.79 Å². The summed E-state index contributed by atoms with van der Waals surface area (Å²) in [6.07, 6.45) is 9.12. The molecule has 2 N–H and O–H groups in total. The fraction of sp³-hybridized carbons (Fsp3) is 0.387. The number of nitrogens with one attached hydrogen (secondary N) is 2. The molecule has 3 rings (SSSR count). The number of fused-ring (bicyclic) bond motifs is 1. The van der Waals surface area contributed by atoms with Gasteiger partial charge in [-0.1, -0.05) is 69.4 Å². The minimum absolute atomic E-state index is 0.288. The zero-order chi connectivity index (χ0) is 27.0. The number of benzene rings is 3. The third-order valence-corrected chi connectivity index (χ3v) is 6.19. The zero-order valence-electron chi connectivity index (χ0n) is 22.7. The van der Waals surface area contributed by atoms with Crippen molar-refractivity contribution in [2.45, 2.75) is 58.3 Å². The van der Waals surface area contributed by atoms with Gasteiger partial charge < -0.3 is 20.3 Å². The van der Waals surface area contributed by atoms with Crippen molar-refractivity contribution in [1.29, 1.82) is 0 Å². The van der Waals surface area contributed by atoms with Gasteiger partial charge in [-0.15, -0.1) is 0 Å². The zero-order valence-corrected chi connectivity index (χ0v) is 22.7. The van der Waals surface area contributed by atoms with E-state index in [2.05, 4.69) is 33.7 Å². The molecule has 0 fully saturated rings. The van der Waals surface area contributed by atoms with Crippen LogP contribution in [0.5, 0.6) is 5.75 Å². The van der Waals surface area contributed by atoms with E-state index in [1.807, 2.05) is 54.6 Å². The number of hydrogen-bond donors (Lipinski definition) is 2. The number of hydrogen-bond acceptors (Lipinski definition) is 7. The summed E-state index contributed by atoms with van der Waals surface area (Å²) in [5.41, 5.74) is 9.81. The van der Waals surface area contributed by atoms with E-state index in [4.69, 9.17) is 9.47 Å². The van der Waals surface area contributed by atoms with E-state index in [-0.39, 0.29) is 5.97 Å². The van der Waals surface area contributed by atoms with E-state index in [0.717, 1.165) is 59.5 Å². The SMILES string of the molecule is C=C(C)C(=O)OCCCCCCCCCCOc1ccc(NNc2ccc(N=NC)c3ccccc23)cc1. The highest BCUT2D eigenvalue weighted by Gasteiger charge is 2.06. The first-order chi connectivity index (χ1) is 18.6. The Morgan fingerprint density at radius 3 is 2.08 bits per heavy atom. The van der Waals surface area contributed by atoms with Crippen molar-refractivity contribution >= 4 is 33.8 Å².